The van der Waals surface area contributed by atoms with Gasteiger partial charge in [-0.15, -0.1) is 0 Å². The number of amides is 1. The molecular formula is C21H21N3O3. The van der Waals surface area contributed by atoms with Gasteiger partial charge in [0.25, 0.3) is 5.91 Å². The lowest BCUT2D eigenvalue weighted by molar-refractivity contribution is 0.0709. The molecule has 1 saturated heterocycles. The van der Waals surface area contributed by atoms with Gasteiger partial charge >= 0.3 is 0 Å². The van der Waals surface area contributed by atoms with Gasteiger partial charge in [0.05, 0.1) is 7.11 Å². The number of nitrogens with zero attached hydrogens (tertiary/aromatic N) is 3. The van der Waals surface area contributed by atoms with Crippen LogP contribution < -0.4 is 4.74 Å². The number of aromatic nitrogens is 2. The van der Waals surface area contributed by atoms with Gasteiger partial charge in [-0.1, -0.05) is 41.1 Å². The van der Waals surface area contributed by atoms with Crippen molar-refractivity contribution in [2.45, 2.75) is 25.8 Å². The van der Waals surface area contributed by atoms with Crippen molar-refractivity contribution in [2.24, 2.45) is 0 Å². The maximum absolute atomic E-state index is 13.0. The van der Waals surface area contributed by atoms with E-state index in [1.807, 2.05) is 43.3 Å². The van der Waals surface area contributed by atoms with Crippen LogP contribution in [0.2, 0.25) is 0 Å². The van der Waals surface area contributed by atoms with Crippen molar-refractivity contribution >= 4 is 5.91 Å². The lowest BCUT2D eigenvalue weighted by Gasteiger charge is -2.22. The van der Waals surface area contributed by atoms with E-state index in [4.69, 9.17) is 9.26 Å². The summed E-state index contributed by atoms with van der Waals surface area (Å²) in [7, 11) is 1.59. The fourth-order valence-electron chi connectivity index (χ4n) is 3.38. The van der Waals surface area contributed by atoms with Crippen LogP contribution in [0.5, 0.6) is 5.75 Å². The van der Waals surface area contributed by atoms with E-state index in [-0.39, 0.29) is 11.9 Å². The summed E-state index contributed by atoms with van der Waals surface area (Å²) < 4.78 is 10.7. The molecule has 1 aliphatic rings. The minimum Gasteiger partial charge on any atom is -0.497 e. The second-order valence-electron chi connectivity index (χ2n) is 6.71. The Hall–Kier alpha value is -3.15. The standard InChI is InChI=1S/C21H21N3O3/c1-14-8-10-15(11-9-14)19-22-20(27-23-19)18-7-4-12-24(18)21(25)16-5-3-6-17(13-16)26-2/h3,5-6,8-11,13,18H,4,7,12H2,1-2H3/t18-/m1/s1. The van der Waals surface area contributed by atoms with E-state index >= 15 is 0 Å². The van der Waals surface area contributed by atoms with E-state index < -0.39 is 0 Å². The predicted octanol–water partition coefficient (Wildman–Crippen LogP) is 4.03. The Labute approximate surface area is 157 Å². The van der Waals surface area contributed by atoms with Crippen LogP contribution in [0.4, 0.5) is 0 Å². The smallest absolute Gasteiger partial charge is 0.254 e. The van der Waals surface area contributed by atoms with Crippen LogP contribution in [0.1, 0.15) is 40.7 Å². The summed E-state index contributed by atoms with van der Waals surface area (Å²) in [5.41, 5.74) is 2.67. The SMILES string of the molecule is COc1cccc(C(=O)N2CCC[C@@H]2c2nc(-c3ccc(C)cc3)no2)c1. The number of methoxy groups -OCH3 is 1. The molecule has 0 unspecified atom stereocenters. The number of carbonyl (C=O) groups is 1. The lowest BCUT2D eigenvalue weighted by Crippen LogP contribution is -2.30. The molecule has 6 heteroatoms. The zero-order valence-electron chi connectivity index (χ0n) is 15.4. The van der Waals surface area contributed by atoms with Crippen LogP contribution in [-0.4, -0.2) is 34.6 Å². The number of rotatable bonds is 4. The first-order chi connectivity index (χ1) is 13.2. The van der Waals surface area contributed by atoms with E-state index in [0.29, 0.717) is 29.6 Å². The highest BCUT2D eigenvalue weighted by molar-refractivity contribution is 5.95. The van der Waals surface area contributed by atoms with Crippen LogP contribution in [0, 0.1) is 6.92 Å². The van der Waals surface area contributed by atoms with Crippen molar-refractivity contribution in [1.29, 1.82) is 0 Å². The molecule has 1 aliphatic heterocycles. The summed E-state index contributed by atoms with van der Waals surface area (Å²) in [4.78, 5) is 19.4. The largest absolute Gasteiger partial charge is 0.497 e. The van der Waals surface area contributed by atoms with Crippen molar-refractivity contribution in [3.05, 3.63) is 65.5 Å². The quantitative estimate of drug-likeness (QED) is 0.700. The second kappa shape index (κ2) is 7.23. The molecule has 27 heavy (non-hydrogen) atoms. The molecule has 1 fully saturated rings. The van der Waals surface area contributed by atoms with Gasteiger partial charge < -0.3 is 14.2 Å². The predicted molar refractivity (Wildman–Crippen MR) is 100 cm³/mol. The number of aryl methyl sites for hydroxylation is 1. The summed E-state index contributed by atoms with van der Waals surface area (Å²) >= 11 is 0. The number of carbonyl (C=O) groups excluding carboxylic acids is 1. The van der Waals surface area contributed by atoms with Crippen molar-refractivity contribution in [1.82, 2.24) is 15.0 Å². The average Bonchev–Trinajstić information content (AvgIpc) is 3.37. The Morgan fingerprint density at radius 1 is 1.22 bits per heavy atom. The first-order valence-corrected chi connectivity index (χ1v) is 9.01. The molecule has 0 bridgehead atoms. The van der Waals surface area contributed by atoms with E-state index in [2.05, 4.69) is 10.1 Å². The number of benzene rings is 2. The summed E-state index contributed by atoms with van der Waals surface area (Å²) in [5.74, 6) is 1.65. The third kappa shape index (κ3) is 3.43. The minimum atomic E-state index is -0.199. The van der Waals surface area contributed by atoms with Crippen molar-refractivity contribution in [3.8, 4) is 17.1 Å². The molecule has 3 aromatic rings. The molecule has 0 N–H and O–H groups in total. The van der Waals surface area contributed by atoms with Crippen LogP contribution in [-0.2, 0) is 0 Å². The molecular weight excluding hydrogens is 342 g/mol. The summed E-state index contributed by atoms with van der Waals surface area (Å²) in [6, 6.07) is 15.0. The average molecular weight is 363 g/mol. The molecule has 2 heterocycles. The zero-order valence-corrected chi connectivity index (χ0v) is 15.4. The minimum absolute atomic E-state index is 0.0496. The maximum atomic E-state index is 13.0. The number of likely N-dealkylation sites (tertiary alicyclic amines) is 1. The van der Waals surface area contributed by atoms with Gasteiger partial charge in [0.1, 0.15) is 11.8 Å². The first kappa shape index (κ1) is 17.3. The Morgan fingerprint density at radius 3 is 2.81 bits per heavy atom. The van der Waals surface area contributed by atoms with Crippen LogP contribution in [0.15, 0.2) is 53.1 Å². The van der Waals surface area contributed by atoms with Crippen LogP contribution in [0.25, 0.3) is 11.4 Å². The summed E-state index contributed by atoms with van der Waals surface area (Å²) in [6.45, 7) is 2.70. The first-order valence-electron chi connectivity index (χ1n) is 9.01. The molecule has 6 nitrogen and oxygen atoms in total. The third-order valence-corrected chi connectivity index (χ3v) is 4.87. The maximum Gasteiger partial charge on any atom is 0.254 e. The molecule has 0 aliphatic carbocycles. The van der Waals surface area contributed by atoms with Gasteiger partial charge in [-0.25, -0.2) is 0 Å². The Morgan fingerprint density at radius 2 is 2.04 bits per heavy atom. The van der Waals surface area contributed by atoms with Crippen LogP contribution >= 0.6 is 0 Å². The Bertz CT molecular complexity index is 949. The van der Waals surface area contributed by atoms with Gasteiger partial charge in [0.15, 0.2) is 0 Å². The molecule has 0 saturated carbocycles. The molecule has 0 radical (unpaired) electrons. The van der Waals surface area contributed by atoms with Crippen molar-refractivity contribution in [2.75, 3.05) is 13.7 Å². The molecule has 138 valence electrons. The fraction of sp³-hybridized carbons (Fsp3) is 0.286. The van der Waals surface area contributed by atoms with E-state index in [9.17, 15) is 4.79 Å². The highest BCUT2D eigenvalue weighted by atomic mass is 16.5. The number of ether oxygens (including phenoxy) is 1. The third-order valence-electron chi connectivity index (χ3n) is 4.87. The highest BCUT2D eigenvalue weighted by Gasteiger charge is 2.34. The monoisotopic (exact) mass is 363 g/mol. The zero-order chi connectivity index (χ0) is 18.8. The second-order valence-corrected chi connectivity index (χ2v) is 6.71. The van der Waals surface area contributed by atoms with E-state index in [0.717, 1.165) is 18.4 Å². The van der Waals surface area contributed by atoms with Gasteiger partial charge in [0, 0.05) is 17.7 Å². The molecule has 1 aromatic heterocycles. The van der Waals surface area contributed by atoms with Gasteiger partial charge in [-0.3, -0.25) is 4.79 Å². The molecule has 1 atom stereocenters. The lowest BCUT2D eigenvalue weighted by atomic mass is 10.1. The molecule has 0 spiro atoms. The normalized spacial score (nSPS) is 16.5. The summed E-state index contributed by atoms with van der Waals surface area (Å²) in [5, 5.41) is 4.11. The Balaban J connectivity index is 1.58. The molecule has 1 amide bonds. The molecule has 2 aromatic carbocycles. The van der Waals surface area contributed by atoms with E-state index in [1.165, 1.54) is 5.56 Å². The van der Waals surface area contributed by atoms with Gasteiger partial charge in [-0.05, 0) is 38.0 Å². The topological polar surface area (TPSA) is 68.5 Å². The van der Waals surface area contributed by atoms with Crippen LogP contribution in [0.3, 0.4) is 0 Å². The van der Waals surface area contributed by atoms with E-state index in [1.54, 1.807) is 24.1 Å². The molecule has 4 rings (SSSR count). The number of hydrogen-bond donors (Lipinski definition) is 0. The van der Waals surface area contributed by atoms with Gasteiger partial charge in [-0.2, -0.15) is 4.98 Å². The number of hydrogen-bond acceptors (Lipinski definition) is 5. The highest BCUT2D eigenvalue weighted by Crippen LogP contribution is 2.33. The van der Waals surface area contributed by atoms with Crippen molar-refractivity contribution < 1.29 is 14.1 Å². The summed E-state index contributed by atoms with van der Waals surface area (Å²) in [6.07, 6.45) is 1.72. The Kier molecular flexibility index (Phi) is 4.62. The van der Waals surface area contributed by atoms with Gasteiger partial charge in [0.2, 0.25) is 11.7 Å². The van der Waals surface area contributed by atoms with Crippen molar-refractivity contribution in [3.63, 3.8) is 0 Å². The fourth-order valence-corrected chi connectivity index (χ4v) is 3.38.